The molecule has 0 unspecified atom stereocenters. The molecule has 0 aliphatic heterocycles. The number of benzene rings is 2. The van der Waals surface area contributed by atoms with Gasteiger partial charge in [0.15, 0.2) is 5.58 Å². The standard InChI is InChI=1S/C16H12N4O/c17-12-4-2-6-14-15(12)20-16(21-14)19-13-5-1-3-10-9-18-8-7-11(10)13/h1-9H,17H2,(H,19,20). The Morgan fingerprint density at radius 3 is 2.86 bits per heavy atom. The van der Waals surface area contributed by atoms with E-state index in [2.05, 4.69) is 15.3 Å². The van der Waals surface area contributed by atoms with E-state index >= 15 is 0 Å². The van der Waals surface area contributed by atoms with E-state index in [-0.39, 0.29) is 0 Å². The third-order valence-electron chi connectivity index (χ3n) is 3.37. The third kappa shape index (κ3) is 1.95. The predicted molar refractivity (Wildman–Crippen MR) is 83.4 cm³/mol. The fourth-order valence-corrected chi connectivity index (χ4v) is 2.37. The van der Waals surface area contributed by atoms with Gasteiger partial charge in [0.2, 0.25) is 0 Å². The maximum atomic E-state index is 5.89. The van der Waals surface area contributed by atoms with Crippen LogP contribution in [0.1, 0.15) is 0 Å². The topological polar surface area (TPSA) is 77.0 Å². The van der Waals surface area contributed by atoms with Gasteiger partial charge in [0.25, 0.3) is 6.01 Å². The summed E-state index contributed by atoms with van der Waals surface area (Å²) >= 11 is 0. The molecule has 0 saturated carbocycles. The minimum Gasteiger partial charge on any atom is -0.423 e. The molecule has 0 aliphatic rings. The van der Waals surface area contributed by atoms with Crippen molar-refractivity contribution >= 4 is 39.3 Å². The van der Waals surface area contributed by atoms with Crippen LogP contribution in [0.25, 0.3) is 21.9 Å². The van der Waals surface area contributed by atoms with Gasteiger partial charge in [-0.1, -0.05) is 18.2 Å². The first-order chi connectivity index (χ1) is 10.3. The van der Waals surface area contributed by atoms with Crippen LogP contribution < -0.4 is 11.1 Å². The number of nitrogens with two attached hydrogens (primary N) is 1. The van der Waals surface area contributed by atoms with Gasteiger partial charge in [-0.05, 0) is 24.3 Å². The maximum Gasteiger partial charge on any atom is 0.300 e. The molecule has 3 N–H and O–H groups in total. The summed E-state index contributed by atoms with van der Waals surface area (Å²) in [5.74, 6) is 0. The normalized spacial score (nSPS) is 11.0. The Hall–Kier alpha value is -3.08. The van der Waals surface area contributed by atoms with Crippen molar-refractivity contribution < 1.29 is 4.42 Å². The van der Waals surface area contributed by atoms with Crippen LogP contribution in [0.5, 0.6) is 0 Å². The minimum absolute atomic E-state index is 0.423. The number of nitrogens with one attached hydrogen (secondary N) is 1. The number of pyridine rings is 1. The van der Waals surface area contributed by atoms with E-state index < -0.39 is 0 Å². The summed E-state index contributed by atoms with van der Waals surface area (Å²) in [7, 11) is 0. The third-order valence-corrected chi connectivity index (χ3v) is 3.37. The average Bonchev–Trinajstić information content (AvgIpc) is 2.92. The second-order valence-electron chi connectivity index (χ2n) is 4.74. The van der Waals surface area contributed by atoms with Crippen LogP contribution >= 0.6 is 0 Å². The lowest BCUT2D eigenvalue weighted by molar-refractivity contribution is 0.623. The first kappa shape index (κ1) is 11.7. The Morgan fingerprint density at radius 1 is 1.05 bits per heavy atom. The Balaban J connectivity index is 1.81. The smallest absolute Gasteiger partial charge is 0.300 e. The van der Waals surface area contributed by atoms with Crippen molar-refractivity contribution in [3.8, 4) is 0 Å². The van der Waals surface area contributed by atoms with Crippen molar-refractivity contribution in [3.63, 3.8) is 0 Å². The Bertz CT molecular complexity index is 940. The van der Waals surface area contributed by atoms with Crippen molar-refractivity contribution in [2.75, 3.05) is 11.1 Å². The predicted octanol–water partition coefficient (Wildman–Crippen LogP) is 3.70. The van der Waals surface area contributed by atoms with Crippen molar-refractivity contribution in [1.82, 2.24) is 9.97 Å². The fourth-order valence-electron chi connectivity index (χ4n) is 2.37. The quantitative estimate of drug-likeness (QED) is 0.546. The molecule has 2 aromatic carbocycles. The Labute approximate surface area is 120 Å². The number of rotatable bonds is 2. The van der Waals surface area contributed by atoms with Crippen LogP contribution in [0.3, 0.4) is 0 Å². The molecule has 4 aromatic rings. The van der Waals surface area contributed by atoms with E-state index in [9.17, 15) is 0 Å². The first-order valence-electron chi connectivity index (χ1n) is 6.56. The van der Waals surface area contributed by atoms with Crippen LogP contribution in [0.2, 0.25) is 0 Å². The molecule has 2 aromatic heterocycles. The van der Waals surface area contributed by atoms with E-state index in [0.29, 0.717) is 22.8 Å². The number of hydrogen-bond donors (Lipinski definition) is 2. The lowest BCUT2D eigenvalue weighted by Gasteiger charge is -2.05. The van der Waals surface area contributed by atoms with Crippen molar-refractivity contribution in [3.05, 3.63) is 54.9 Å². The zero-order valence-electron chi connectivity index (χ0n) is 11.1. The van der Waals surface area contributed by atoms with E-state index in [1.54, 1.807) is 12.3 Å². The number of aromatic nitrogens is 2. The molecule has 0 fully saturated rings. The van der Waals surface area contributed by atoms with Gasteiger partial charge in [-0.2, -0.15) is 4.98 Å². The number of fused-ring (bicyclic) bond motifs is 2. The molecule has 0 bridgehead atoms. The molecule has 0 aliphatic carbocycles. The molecule has 0 radical (unpaired) electrons. The lowest BCUT2D eigenvalue weighted by atomic mass is 10.1. The van der Waals surface area contributed by atoms with E-state index in [1.165, 1.54) is 0 Å². The molecule has 0 saturated heterocycles. The Morgan fingerprint density at radius 2 is 1.95 bits per heavy atom. The van der Waals surface area contributed by atoms with E-state index in [1.807, 2.05) is 42.6 Å². The summed E-state index contributed by atoms with van der Waals surface area (Å²) in [6.45, 7) is 0. The van der Waals surface area contributed by atoms with Gasteiger partial charge in [0.05, 0.1) is 11.4 Å². The van der Waals surface area contributed by atoms with Crippen LogP contribution in [-0.4, -0.2) is 9.97 Å². The summed E-state index contributed by atoms with van der Waals surface area (Å²) in [6, 6.07) is 13.8. The monoisotopic (exact) mass is 276 g/mol. The van der Waals surface area contributed by atoms with Gasteiger partial charge in [0.1, 0.15) is 5.52 Å². The number of hydrogen-bond acceptors (Lipinski definition) is 5. The van der Waals surface area contributed by atoms with Crippen LogP contribution in [0.15, 0.2) is 59.3 Å². The second kappa shape index (κ2) is 4.49. The number of nitrogens with zero attached hydrogens (tertiary/aromatic N) is 2. The second-order valence-corrected chi connectivity index (χ2v) is 4.74. The largest absolute Gasteiger partial charge is 0.423 e. The van der Waals surface area contributed by atoms with Crippen molar-refractivity contribution in [1.29, 1.82) is 0 Å². The zero-order valence-corrected chi connectivity index (χ0v) is 11.1. The van der Waals surface area contributed by atoms with Crippen molar-refractivity contribution in [2.24, 2.45) is 0 Å². The molecular formula is C16H12N4O. The summed E-state index contributed by atoms with van der Waals surface area (Å²) in [6.07, 6.45) is 3.59. The summed E-state index contributed by atoms with van der Waals surface area (Å²) in [5, 5.41) is 5.31. The fraction of sp³-hybridized carbons (Fsp3) is 0. The van der Waals surface area contributed by atoms with Gasteiger partial charge < -0.3 is 15.5 Å². The molecular weight excluding hydrogens is 264 g/mol. The molecule has 0 spiro atoms. The maximum absolute atomic E-state index is 5.89. The van der Waals surface area contributed by atoms with Crippen LogP contribution in [0, 0.1) is 0 Å². The van der Waals surface area contributed by atoms with Gasteiger partial charge in [-0.15, -0.1) is 0 Å². The molecule has 4 rings (SSSR count). The van der Waals surface area contributed by atoms with E-state index in [0.717, 1.165) is 16.5 Å². The Kier molecular flexibility index (Phi) is 2.50. The molecule has 102 valence electrons. The highest BCUT2D eigenvalue weighted by atomic mass is 16.4. The summed E-state index contributed by atoms with van der Waals surface area (Å²) < 4.78 is 5.68. The molecule has 0 atom stereocenters. The highest BCUT2D eigenvalue weighted by Gasteiger charge is 2.09. The summed E-state index contributed by atoms with van der Waals surface area (Å²) in [4.78, 5) is 8.52. The first-order valence-corrected chi connectivity index (χ1v) is 6.56. The van der Waals surface area contributed by atoms with Gasteiger partial charge >= 0.3 is 0 Å². The minimum atomic E-state index is 0.423. The van der Waals surface area contributed by atoms with E-state index in [4.69, 9.17) is 10.2 Å². The SMILES string of the molecule is Nc1cccc2oc(Nc3cccc4cnccc34)nc12. The molecule has 5 nitrogen and oxygen atoms in total. The number of nitrogen functional groups attached to an aromatic ring is 1. The highest BCUT2D eigenvalue weighted by molar-refractivity contribution is 5.95. The van der Waals surface area contributed by atoms with Crippen molar-refractivity contribution in [2.45, 2.75) is 0 Å². The average molecular weight is 276 g/mol. The van der Waals surface area contributed by atoms with Gasteiger partial charge in [-0.25, -0.2) is 0 Å². The van der Waals surface area contributed by atoms with Crippen LogP contribution in [-0.2, 0) is 0 Å². The zero-order chi connectivity index (χ0) is 14.2. The lowest BCUT2D eigenvalue weighted by Crippen LogP contribution is -1.92. The molecule has 0 amide bonds. The number of anilines is 3. The molecule has 5 heteroatoms. The van der Waals surface area contributed by atoms with Crippen LogP contribution in [0.4, 0.5) is 17.4 Å². The van der Waals surface area contributed by atoms with Gasteiger partial charge in [0, 0.05) is 23.2 Å². The number of oxazole rings is 1. The highest BCUT2D eigenvalue weighted by Crippen LogP contribution is 2.28. The number of para-hydroxylation sites is 1. The molecule has 2 heterocycles. The molecule has 21 heavy (non-hydrogen) atoms. The van der Waals surface area contributed by atoms with Gasteiger partial charge in [-0.3, -0.25) is 4.98 Å². The summed E-state index contributed by atoms with van der Waals surface area (Å²) in [5.41, 5.74) is 8.75.